The molecule has 1 aromatic carbocycles. The summed E-state index contributed by atoms with van der Waals surface area (Å²) in [5.41, 5.74) is 1.09. The largest absolute Gasteiger partial charge is 0.314 e. The highest BCUT2D eigenvalue weighted by molar-refractivity contribution is 6.21. The van der Waals surface area contributed by atoms with Gasteiger partial charge in [0, 0.05) is 25.0 Å². The van der Waals surface area contributed by atoms with Gasteiger partial charge in [0.05, 0.1) is 17.7 Å². The van der Waals surface area contributed by atoms with Crippen LogP contribution in [-0.2, 0) is 19.5 Å². The lowest BCUT2D eigenvalue weighted by Crippen LogP contribution is -2.43. The lowest BCUT2D eigenvalue weighted by Gasteiger charge is -2.28. The molecule has 1 aliphatic carbocycles. The molecule has 2 aromatic rings. The second-order valence-corrected chi connectivity index (χ2v) is 8.77. The summed E-state index contributed by atoms with van der Waals surface area (Å²) in [4.78, 5) is 27.4. The van der Waals surface area contributed by atoms with Gasteiger partial charge >= 0.3 is 0 Å². The van der Waals surface area contributed by atoms with Crippen LogP contribution in [0.15, 0.2) is 24.3 Å². The Balaban J connectivity index is 1.27. The summed E-state index contributed by atoms with van der Waals surface area (Å²) in [5.74, 6) is 1.84. The van der Waals surface area contributed by atoms with Crippen LogP contribution in [0.5, 0.6) is 0 Å². The molecule has 0 saturated heterocycles. The van der Waals surface area contributed by atoms with E-state index in [2.05, 4.69) is 20.1 Å². The van der Waals surface area contributed by atoms with E-state index >= 15 is 0 Å². The van der Waals surface area contributed by atoms with E-state index in [9.17, 15) is 9.59 Å². The number of nitrogens with one attached hydrogen (secondary N) is 1. The molecule has 7 heteroatoms. The van der Waals surface area contributed by atoms with Crippen LogP contribution < -0.4 is 5.32 Å². The number of hydrogen-bond acceptors (Lipinski definition) is 5. The summed E-state index contributed by atoms with van der Waals surface area (Å²) < 4.78 is 2.28. The number of benzene rings is 1. The summed E-state index contributed by atoms with van der Waals surface area (Å²) in [6.45, 7) is 1.69. The molecule has 3 heterocycles. The second-order valence-electron chi connectivity index (χ2n) is 8.77. The van der Waals surface area contributed by atoms with E-state index in [1.165, 1.54) is 24.2 Å². The molecule has 5 rings (SSSR count). The Hall–Kier alpha value is -2.54. The van der Waals surface area contributed by atoms with Gasteiger partial charge in [0.25, 0.3) is 11.8 Å². The Kier molecular flexibility index (Phi) is 5.37. The van der Waals surface area contributed by atoms with Crippen LogP contribution in [-0.4, -0.2) is 43.6 Å². The van der Waals surface area contributed by atoms with Crippen LogP contribution in [0, 0.1) is 0 Å². The summed E-state index contributed by atoms with van der Waals surface area (Å²) in [6.07, 6.45) is 9.52. The maximum Gasteiger partial charge on any atom is 0.261 e. The van der Waals surface area contributed by atoms with E-state index in [0.29, 0.717) is 17.7 Å². The third kappa shape index (κ3) is 3.55. The molecule has 1 fully saturated rings. The zero-order valence-corrected chi connectivity index (χ0v) is 17.3. The number of aromatic nitrogens is 3. The first-order chi connectivity index (χ1) is 14.7. The number of rotatable bonds is 4. The van der Waals surface area contributed by atoms with Crippen molar-refractivity contribution in [2.45, 2.75) is 83.0 Å². The highest BCUT2D eigenvalue weighted by Crippen LogP contribution is 2.30. The van der Waals surface area contributed by atoms with Gasteiger partial charge in [0.1, 0.15) is 11.6 Å². The standard InChI is InChI=1S/C23H29N5O2/c29-22-18-10-5-6-11-19(18)23(30)28(22)17-9-4-3-8-16(14-17)24-15-21-26-25-20-12-2-1-7-13-27(20)21/h5-6,10-11,16-17,24H,1-4,7-9,12-15H2. The number of nitrogens with zero attached hydrogens (tertiary/aromatic N) is 4. The van der Waals surface area contributed by atoms with Crippen molar-refractivity contribution in [3.63, 3.8) is 0 Å². The van der Waals surface area contributed by atoms with E-state index in [1.54, 1.807) is 12.1 Å². The van der Waals surface area contributed by atoms with Crippen LogP contribution in [0.2, 0.25) is 0 Å². The van der Waals surface area contributed by atoms with Gasteiger partial charge in [-0.3, -0.25) is 14.5 Å². The minimum Gasteiger partial charge on any atom is -0.314 e. The molecule has 0 bridgehead atoms. The Morgan fingerprint density at radius 3 is 2.50 bits per heavy atom. The van der Waals surface area contributed by atoms with Crippen LogP contribution in [0.1, 0.15) is 83.7 Å². The summed E-state index contributed by atoms with van der Waals surface area (Å²) >= 11 is 0. The zero-order chi connectivity index (χ0) is 20.5. The molecule has 158 valence electrons. The molecule has 2 aliphatic heterocycles. The number of hydrogen-bond donors (Lipinski definition) is 1. The average molecular weight is 408 g/mol. The lowest BCUT2D eigenvalue weighted by atomic mass is 10.0. The Bertz CT molecular complexity index is 918. The van der Waals surface area contributed by atoms with Gasteiger partial charge in [-0.25, -0.2) is 0 Å². The topological polar surface area (TPSA) is 80.1 Å². The van der Waals surface area contributed by atoms with Crippen LogP contribution >= 0.6 is 0 Å². The van der Waals surface area contributed by atoms with Crippen molar-refractivity contribution in [3.8, 4) is 0 Å². The van der Waals surface area contributed by atoms with Crippen LogP contribution in [0.25, 0.3) is 0 Å². The molecule has 2 atom stereocenters. The maximum absolute atomic E-state index is 12.9. The van der Waals surface area contributed by atoms with Crippen molar-refractivity contribution in [3.05, 3.63) is 47.0 Å². The van der Waals surface area contributed by atoms with Crippen molar-refractivity contribution in [1.82, 2.24) is 25.0 Å². The monoisotopic (exact) mass is 407 g/mol. The molecule has 1 saturated carbocycles. The SMILES string of the molecule is O=C1c2ccccc2C(=O)N1C1CCCCC(NCc2nnc3n2CCCCC3)C1. The maximum atomic E-state index is 12.9. The molecule has 30 heavy (non-hydrogen) atoms. The van der Waals surface area contributed by atoms with Crippen molar-refractivity contribution in [2.24, 2.45) is 0 Å². The lowest BCUT2D eigenvalue weighted by molar-refractivity contribution is 0.0563. The van der Waals surface area contributed by atoms with Gasteiger partial charge in [-0.1, -0.05) is 31.4 Å². The summed E-state index contributed by atoms with van der Waals surface area (Å²) in [7, 11) is 0. The van der Waals surface area contributed by atoms with Crippen molar-refractivity contribution in [2.75, 3.05) is 0 Å². The fourth-order valence-electron chi connectivity index (χ4n) is 5.21. The fourth-order valence-corrected chi connectivity index (χ4v) is 5.21. The van der Waals surface area contributed by atoms with E-state index in [-0.39, 0.29) is 23.9 Å². The van der Waals surface area contributed by atoms with Gasteiger partial charge in [-0.15, -0.1) is 10.2 Å². The van der Waals surface area contributed by atoms with Crippen molar-refractivity contribution >= 4 is 11.8 Å². The van der Waals surface area contributed by atoms with Crippen LogP contribution in [0.3, 0.4) is 0 Å². The molecule has 3 aliphatic rings. The summed E-state index contributed by atoms with van der Waals surface area (Å²) in [5, 5.41) is 12.5. The molecule has 0 radical (unpaired) electrons. The molecule has 0 spiro atoms. The fraction of sp³-hybridized carbons (Fsp3) is 0.565. The molecule has 2 unspecified atom stereocenters. The van der Waals surface area contributed by atoms with E-state index in [0.717, 1.165) is 56.7 Å². The number of amides is 2. The summed E-state index contributed by atoms with van der Waals surface area (Å²) in [6, 6.07) is 7.39. The normalized spacial score (nSPS) is 24.3. The van der Waals surface area contributed by atoms with Gasteiger partial charge in [0.2, 0.25) is 0 Å². The quantitative estimate of drug-likeness (QED) is 0.622. The number of fused-ring (bicyclic) bond motifs is 2. The molecular formula is C23H29N5O2. The number of imide groups is 1. The first-order valence-electron chi connectivity index (χ1n) is 11.3. The van der Waals surface area contributed by atoms with Gasteiger partial charge in [-0.2, -0.15) is 0 Å². The molecule has 7 nitrogen and oxygen atoms in total. The smallest absolute Gasteiger partial charge is 0.261 e. The Morgan fingerprint density at radius 2 is 1.70 bits per heavy atom. The van der Waals surface area contributed by atoms with E-state index in [4.69, 9.17) is 0 Å². The number of carbonyl (C=O) groups is 2. The molecular weight excluding hydrogens is 378 g/mol. The third-order valence-corrected chi connectivity index (χ3v) is 6.82. The van der Waals surface area contributed by atoms with Crippen molar-refractivity contribution in [1.29, 1.82) is 0 Å². The predicted octanol–water partition coefficient (Wildman–Crippen LogP) is 3.09. The number of carbonyl (C=O) groups excluding carboxylic acids is 2. The average Bonchev–Trinajstić information content (AvgIpc) is 3.03. The third-order valence-electron chi connectivity index (χ3n) is 6.82. The first kappa shape index (κ1) is 19.4. The van der Waals surface area contributed by atoms with Crippen LogP contribution in [0.4, 0.5) is 0 Å². The number of aryl methyl sites for hydroxylation is 1. The predicted molar refractivity (Wildman–Crippen MR) is 112 cm³/mol. The van der Waals surface area contributed by atoms with E-state index in [1.807, 2.05) is 12.1 Å². The Morgan fingerprint density at radius 1 is 0.933 bits per heavy atom. The molecule has 1 aromatic heterocycles. The zero-order valence-electron chi connectivity index (χ0n) is 17.3. The van der Waals surface area contributed by atoms with Crippen molar-refractivity contribution < 1.29 is 9.59 Å². The van der Waals surface area contributed by atoms with Gasteiger partial charge < -0.3 is 9.88 Å². The van der Waals surface area contributed by atoms with Gasteiger partial charge in [-0.05, 0) is 44.2 Å². The molecule has 2 amide bonds. The van der Waals surface area contributed by atoms with Gasteiger partial charge in [0.15, 0.2) is 0 Å². The molecule has 1 N–H and O–H groups in total. The Labute approximate surface area is 176 Å². The second kappa shape index (κ2) is 8.30. The minimum absolute atomic E-state index is 0.0482. The first-order valence-corrected chi connectivity index (χ1v) is 11.3. The highest BCUT2D eigenvalue weighted by Gasteiger charge is 2.40. The minimum atomic E-state index is -0.135. The van der Waals surface area contributed by atoms with E-state index < -0.39 is 0 Å². The highest BCUT2D eigenvalue weighted by atomic mass is 16.2.